The summed E-state index contributed by atoms with van der Waals surface area (Å²) in [5.74, 6) is 0. The molecular formula is C55H37NO. The first-order valence-corrected chi connectivity index (χ1v) is 19.6. The molecule has 1 heterocycles. The summed E-state index contributed by atoms with van der Waals surface area (Å²) < 4.78 is 6.41. The van der Waals surface area contributed by atoms with E-state index in [1.165, 1.54) is 55.3 Å². The van der Waals surface area contributed by atoms with E-state index >= 15 is 0 Å². The average Bonchev–Trinajstić information content (AvgIpc) is 3.67. The quantitative estimate of drug-likeness (QED) is 0.163. The molecule has 2 heteroatoms. The summed E-state index contributed by atoms with van der Waals surface area (Å²) in [5.41, 5.74) is 17.3. The van der Waals surface area contributed by atoms with Gasteiger partial charge in [-0.1, -0.05) is 170 Å². The first-order valence-electron chi connectivity index (χ1n) is 19.6. The number of hydrogen-bond donors (Lipinski definition) is 0. The van der Waals surface area contributed by atoms with E-state index in [-0.39, 0.29) is 0 Å². The molecule has 0 spiro atoms. The summed E-state index contributed by atoms with van der Waals surface area (Å²) in [4.78, 5) is 2.35. The largest absolute Gasteiger partial charge is 0.455 e. The predicted octanol–water partition coefficient (Wildman–Crippen LogP) is 15.4. The van der Waals surface area contributed by atoms with E-state index in [1.54, 1.807) is 0 Å². The summed E-state index contributed by atoms with van der Waals surface area (Å²) in [7, 11) is 0. The summed E-state index contributed by atoms with van der Waals surface area (Å²) in [6, 6.07) is 72.2. The Morgan fingerprint density at radius 2 is 0.895 bits per heavy atom. The number of hydrogen-bond acceptors (Lipinski definition) is 2. The monoisotopic (exact) mass is 727 g/mol. The SMILES string of the molecule is C1=Cc2ccc(-c3ccc(N(c4ccc(-c5ccc(-c6ccccc6)cc5)cc4)c4ccc(-c5cccc6c5oc5ccccc56)cc4)cc3)c3cccc(c23)C1. The van der Waals surface area contributed by atoms with E-state index in [1.807, 2.05) is 12.1 Å². The molecule has 0 radical (unpaired) electrons. The third-order valence-corrected chi connectivity index (χ3v) is 11.5. The van der Waals surface area contributed by atoms with Gasteiger partial charge in [-0.25, -0.2) is 0 Å². The van der Waals surface area contributed by atoms with Crippen LogP contribution in [0.5, 0.6) is 0 Å². The molecule has 9 aromatic carbocycles. The van der Waals surface area contributed by atoms with Crippen molar-refractivity contribution in [1.29, 1.82) is 0 Å². The van der Waals surface area contributed by atoms with Crippen molar-refractivity contribution in [2.45, 2.75) is 6.42 Å². The maximum absolute atomic E-state index is 6.41. The van der Waals surface area contributed by atoms with Gasteiger partial charge in [0.25, 0.3) is 0 Å². The normalized spacial score (nSPS) is 12.1. The van der Waals surface area contributed by atoms with Crippen molar-refractivity contribution in [3.8, 4) is 44.5 Å². The molecule has 0 unspecified atom stereocenters. The van der Waals surface area contributed by atoms with Crippen LogP contribution >= 0.6 is 0 Å². The lowest BCUT2D eigenvalue weighted by atomic mass is 9.88. The number of fused-ring (bicyclic) bond motifs is 3. The number of anilines is 3. The zero-order valence-electron chi connectivity index (χ0n) is 31.3. The van der Waals surface area contributed by atoms with Gasteiger partial charge in [0.15, 0.2) is 0 Å². The minimum atomic E-state index is 0.909. The van der Waals surface area contributed by atoms with Crippen molar-refractivity contribution in [1.82, 2.24) is 0 Å². The lowest BCUT2D eigenvalue weighted by Crippen LogP contribution is -2.09. The summed E-state index contributed by atoms with van der Waals surface area (Å²) >= 11 is 0. The van der Waals surface area contributed by atoms with Gasteiger partial charge in [-0.05, 0) is 110 Å². The minimum absolute atomic E-state index is 0.909. The molecule has 1 aliphatic carbocycles. The highest BCUT2D eigenvalue weighted by molar-refractivity contribution is 6.09. The van der Waals surface area contributed by atoms with Crippen LogP contribution in [0.3, 0.4) is 0 Å². The van der Waals surface area contributed by atoms with E-state index in [0.29, 0.717) is 0 Å². The van der Waals surface area contributed by atoms with E-state index in [0.717, 1.165) is 56.5 Å². The first-order chi connectivity index (χ1) is 28.2. The van der Waals surface area contributed by atoms with Gasteiger partial charge >= 0.3 is 0 Å². The van der Waals surface area contributed by atoms with Crippen LogP contribution in [0.4, 0.5) is 17.1 Å². The summed E-state index contributed by atoms with van der Waals surface area (Å²) in [6.07, 6.45) is 5.50. The Morgan fingerprint density at radius 3 is 1.58 bits per heavy atom. The molecule has 0 amide bonds. The van der Waals surface area contributed by atoms with Crippen LogP contribution in [0.25, 0.3) is 83.3 Å². The third kappa shape index (κ3) is 5.82. The third-order valence-electron chi connectivity index (χ3n) is 11.5. The van der Waals surface area contributed by atoms with Gasteiger partial charge in [-0.3, -0.25) is 0 Å². The molecule has 1 aliphatic rings. The van der Waals surface area contributed by atoms with E-state index in [9.17, 15) is 0 Å². The van der Waals surface area contributed by atoms with Crippen molar-refractivity contribution >= 4 is 55.8 Å². The Balaban J connectivity index is 0.972. The molecular weight excluding hydrogens is 691 g/mol. The highest BCUT2D eigenvalue weighted by atomic mass is 16.3. The summed E-state index contributed by atoms with van der Waals surface area (Å²) in [6.45, 7) is 0. The average molecular weight is 728 g/mol. The van der Waals surface area contributed by atoms with Gasteiger partial charge in [-0.2, -0.15) is 0 Å². The molecule has 11 rings (SSSR count). The zero-order chi connectivity index (χ0) is 37.7. The Labute approximate surface area is 332 Å². The summed E-state index contributed by atoms with van der Waals surface area (Å²) in [5, 5.41) is 4.95. The van der Waals surface area contributed by atoms with E-state index in [2.05, 4.69) is 205 Å². The number of allylic oxidation sites excluding steroid dienone is 1. The second-order valence-electron chi connectivity index (χ2n) is 14.8. The van der Waals surface area contributed by atoms with Crippen molar-refractivity contribution in [3.63, 3.8) is 0 Å². The van der Waals surface area contributed by atoms with Gasteiger partial charge in [0.1, 0.15) is 11.2 Å². The Morgan fingerprint density at radius 1 is 0.368 bits per heavy atom. The number of para-hydroxylation sites is 2. The van der Waals surface area contributed by atoms with Gasteiger partial charge in [-0.15, -0.1) is 0 Å². The van der Waals surface area contributed by atoms with Crippen LogP contribution in [0.2, 0.25) is 0 Å². The van der Waals surface area contributed by atoms with Gasteiger partial charge < -0.3 is 9.32 Å². The topological polar surface area (TPSA) is 16.4 Å². The second-order valence-corrected chi connectivity index (χ2v) is 14.8. The van der Waals surface area contributed by atoms with Gasteiger partial charge in [0.05, 0.1) is 0 Å². The minimum Gasteiger partial charge on any atom is -0.455 e. The molecule has 0 fully saturated rings. The molecule has 268 valence electrons. The maximum Gasteiger partial charge on any atom is 0.143 e. The molecule has 57 heavy (non-hydrogen) atoms. The fourth-order valence-electron chi connectivity index (χ4n) is 8.68. The molecule has 0 N–H and O–H groups in total. The Bertz CT molecular complexity index is 3100. The zero-order valence-corrected chi connectivity index (χ0v) is 31.3. The fraction of sp³-hybridized carbons (Fsp3) is 0.0182. The number of rotatable bonds is 7. The molecule has 0 bridgehead atoms. The Kier molecular flexibility index (Phi) is 7.93. The fourth-order valence-corrected chi connectivity index (χ4v) is 8.68. The lowest BCUT2D eigenvalue weighted by Gasteiger charge is -2.26. The highest BCUT2D eigenvalue weighted by Crippen LogP contribution is 2.41. The molecule has 0 saturated heterocycles. The van der Waals surface area contributed by atoms with Crippen LogP contribution in [0.1, 0.15) is 11.1 Å². The molecule has 0 aliphatic heterocycles. The Hall–Kier alpha value is -7.42. The van der Waals surface area contributed by atoms with Crippen LogP contribution in [-0.4, -0.2) is 0 Å². The molecule has 0 atom stereocenters. The second kappa shape index (κ2) is 13.7. The van der Waals surface area contributed by atoms with Crippen molar-refractivity contribution in [3.05, 3.63) is 217 Å². The smallest absolute Gasteiger partial charge is 0.143 e. The van der Waals surface area contributed by atoms with Crippen molar-refractivity contribution < 1.29 is 4.42 Å². The predicted molar refractivity (Wildman–Crippen MR) is 240 cm³/mol. The number of nitrogens with zero attached hydrogens (tertiary/aromatic N) is 1. The van der Waals surface area contributed by atoms with Gasteiger partial charge in [0, 0.05) is 33.4 Å². The lowest BCUT2D eigenvalue weighted by molar-refractivity contribution is 0.670. The number of furan rings is 1. The molecule has 10 aromatic rings. The van der Waals surface area contributed by atoms with Crippen LogP contribution in [-0.2, 0) is 6.42 Å². The van der Waals surface area contributed by atoms with Crippen LogP contribution in [0.15, 0.2) is 211 Å². The first kappa shape index (κ1) is 33.0. The van der Waals surface area contributed by atoms with Gasteiger partial charge in [0.2, 0.25) is 0 Å². The molecule has 2 nitrogen and oxygen atoms in total. The van der Waals surface area contributed by atoms with Crippen molar-refractivity contribution in [2.24, 2.45) is 0 Å². The highest BCUT2D eigenvalue weighted by Gasteiger charge is 2.17. The molecule has 1 aromatic heterocycles. The number of benzene rings is 9. The maximum atomic E-state index is 6.41. The van der Waals surface area contributed by atoms with E-state index in [4.69, 9.17) is 4.42 Å². The van der Waals surface area contributed by atoms with E-state index < -0.39 is 0 Å². The molecule has 0 saturated carbocycles. The van der Waals surface area contributed by atoms with Crippen LogP contribution < -0.4 is 4.90 Å². The van der Waals surface area contributed by atoms with Crippen LogP contribution in [0, 0.1) is 0 Å². The van der Waals surface area contributed by atoms with Crippen molar-refractivity contribution in [2.75, 3.05) is 4.90 Å². The standard InChI is InChI=1S/C55H37NO/c1-2-9-37(10-3-1)38-19-21-39(22-20-38)40-23-30-45(31-24-40)56(46-32-25-41(26-33-46)48-36-29-44-12-6-11-43-13-7-16-51(48)54(43)44)47-34-27-42(28-35-47)49-15-8-17-52-50-14-4-5-18-53(50)57-55(49)52/h1-10,12-36H,11H2.